The van der Waals surface area contributed by atoms with E-state index in [2.05, 4.69) is 21.4 Å². The first-order chi connectivity index (χ1) is 9.36. The first-order valence-corrected chi connectivity index (χ1v) is 7.09. The largest absolute Gasteiger partial charge is 0.367 e. The molecular formula is C15H20N4. The second kappa shape index (κ2) is 5.53. The molecule has 1 saturated carbocycles. The van der Waals surface area contributed by atoms with Crippen molar-refractivity contribution in [3.05, 3.63) is 30.1 Å². The summed E-state index contributed by atoms with van der Waals surface area (Å²) >= 11 is 0. The van der Waals surface area contributed by atoms with E-state index < -0.39 is 0 Å². The molecule has 0 unspecified atom stereocenters. The Hall–Kier alpha value is -1.68. The molecule has 3 N–H and O–H groups in total. The van der Waals surface area contributed by atoms with Crippen LogP contribution in [0.1, 0.15) is 37.9 Å². The predicted octanol–water partition coefficient (Wildman–Crippen LogP) is 2.83. The van der Waals surface area contributed by atoms with Gasteiger partial charge in [-0.05, 0) is 25.0 Å². The van der Waals surface area contributed by atoms with E-state index >= 15 is 0 Å². The average molecular weight is 256 g/mol. The summed E-state index contributed by atoms with van der Waals surface area (Å²) in [6, 6.07) is 8.65. The summed E-state index contributed by atoms with van der Waals surface area (Å²) < 4.78 is 0. The van der Waals surface area contributed by atoms with Gasteiger partial charge < -0.3 is 11.1 Å². The van der Waals surface area contributed by atoms with Crippen molar-refractivity contribution in [2.45, 2.75) is 44.7 Å². The highest BCUT2D eigenvalue weighted by molar-refractivity contribution is 5.89. The molecular weight excluding hydrogens is 236 g/mol. The normalized spacial score (nSPS) is 16.7. The number of benzene rings is 1. The highest BCUT2D eigenvalue weighted by atomic mass is 15.1. The number of nitrogens with two attached hydrogens (primary N) is 1. The van der Waals surface area contributed by atoms with Gasteiger partial charge in [0.05, 0.1) is 12.1 Å². The number of anilines is 1. The number of nitrogens with zero attached hydrogens (tertiary/aromatic N) is 2. The summed E-state index contributed by atoms with van der Waals surface area (Å²) in [5.41, 5.74) is 6.66. The number of aromatic nitrogens is 2. The lowest BCUT2D eigenvalue weighted by Gasteiger charge is -2.24. The molecule has 1 aromatic carbocycles. The number of para-hydroxylation sites is 1. The molecule has 0 amide bonds. The molecule has 0 saturated heterocycles. The Morgan fingerprint density at radius 3 is 2.68 bits per heavy atom. The summed E-state index contributed by atoms with van der Waals surface area (Å²) in [6.45, 7) is 0.379. The van der Waals surface area contributed by atoms with Crippen LogP contribution in [0.3, 0.4) is 0 Å². The Morgan fingerprint density at radius 1 is 1.11 bits per heavy atom. The standard InChI is InChI=1S/C15H20N4/c16-10-14-18-13-9-5-4-8-12(13)15(19-14)17-11-6-2-1-3-7-11/h4-5,8-9,11H,1-3,6-7,10,16H2,(H,17,18,19). The van der Waals surface area contributed by atoms with Gasteiger partial charge in [0, 0.05) is 11.4 Å². The van der Waals surface area contributed by atoms with E-state index in [0.29, 0.717) is 18.4 Å². The lowest BCUT2D eigenvalue weighted by molar-refractivity contribution is 0.462. The zero-order valence-corrected chi connectivity index (χ0v) is 11.1. The van der Waals surface area contributed by atoms with Gasteiger partial charge in [0.2, 0.25) is 0 Å². The lowest BCUT2D eigenvalue weighted by atomic mass is 9.95. The Balaban J connectivity index is 1.95. The fraction of sp³-hybridized carbons (Fsp3) is 0.467. The zero-order valence-electron chi connectivity index (χ0n) is 11.1. The van der Waals surface area contributed by atoms with E-state index in [4.69, 9.17) is 5.73 Å². The molecule has 1 aliphatic rings. The maximum absolute atomic E-state index is 5.69. The van der Waals surface area contributed by atoms with Crippen LogP contribution >= 0.6 is 0 Å². The number of fused-ring (bicyclic) bond motifs is 1. The molecule has 4 nitrogen and oxygen atoms in total. The molecule has 19 heavy (non-hydrogen) atoms. The van der Waals surface area contributed by atoms with E-state index in [1.54, 1.807) is 0 Å². The van der Waals surface area contributed by atoms with E-state index in [1.165, 1.54) is 32.1 Å². The number of nitrogens with one attached hydrogen (secondary N) is 1. The highest BCUT2D eigenvalue weighted by Gasteiger charge is 2.15. The third kappa shape index (κ3) is 2.68. The zero-order chi connectivity index (χ0) is 13.1. The van der Waals surface area contributed by atoms with Crippen LogP contribution in [0.5, 0.6) is 0 Å². The Bertz CT molecular complexity index is 561. The SMILES string of the molecule is NCc1nc(NC2CCCCC2)c2ccccc2n1. The van der Waals surface area contributed by atoms with Gasteiger partial charge in [0.1, 0.15) is 11.6 Å². The Kier molecular flexibility index (Phi) is 3.60. The lowest BCUT2D eigenvalue weighted by Crippen LogP contribution is -2.23. The van der Waals surface area contributed by atoms with Crippen LogP contribution in [0.25, 0.3) is 10.9 Å². The van der Waals surface area contributed by atoms with Gasteiger partial charge in [-0.2, -0.15) is 0 Å². The topological polar surface area (TPSA) is 63.8 Å². The maximum Gasteiger partial charge on any atom is 0.144 e. The first-order valence-electron chi connectivity index (χ1n) is 7.09. The predicted molar refractivity (Wildman–Crippen MR) is 77.9 cm³/mol. The molecule has 1 heterocycles. The van der Waals surface area contributed by atoms with Gasteiger partial charge in [-0.15, -0.1) is 0 Å². The summed E-state index contributed by atoms with van der Waals surface area (Å²) in [4.78, 5) is 9.04. The fourth-order valence-corrected chi connectivity index (χ4v) is 2.77. The van der Waals surface area contributed by atoms with Crippen LogP contribution in [-0.4, -0.2) is 16.0 Å². The van der Waals surface area contributed by atoms with Crippen molar-refractivity contribution in [1.82, 2.24) is 9.97 Å². The highest BCUT2D eigenvalue weighted by Crippen LogP contribution is 2.25. The minimum Gasteiger partial charge on any atom is -0.367 e. The van der Waals surface area contributed by atoms with E-state index in [0.717, 1.165) is 16.7 Å². The Labute approximate surface area is 113 Å². The monoisotopic (exact) mass is 256 g/mol. The molecule has 0 spiro atoms. The molecule has 1 aromatic heterocycles. The van der Waals surface area contributed by atoms with Crippen molar-refractivity contribution < 1.29 is 0 Å². The van der Waals surface area contributed by atoms with Crippen LogP contribution < -0.4 is 11.1 Å². The van der Waals surface area contributed by atoms with Gasteiger partial charge in [-0.1, -0.05) is 31.4 Å². The van der Waals surface area contributed by atoms with E-state index in [9.17, 15) is 0 Å². The van der Waals surface area contributed by atoms with Gasteiger partial charge in [-0.3, -0.25) is 0 Å². The van der Waals surface area contributed by atoms with E-state index in [1.807, 2.05) is 18.2 Å². The number of hydrogen-bond acceptors (Lipinski definition) is 4. The van der Waals surface area contributed by atoms with Crippen LogP contribution in [-0.2, 0) is 6.54 Å². The minimum absolute atomic E-state index is 0.379. The molecule has 100 valence electrons. The summed E-state index contributed by atoms with van der Waals surface area (Å²) in [5, 5.41) is 4.68. The quantitative estimate of drug-likeness (QED) is 0.886. The average Bonchev–Trinajstić information content (AvgIpc) is 2.48. The second-order valence-corrected chi connectivity index (χ2v) is 5.19. The van der Waals surface area contributed by atoms with E-state index in [-0.39, 0.29) is 0 Å². The molecule has 1 aliphatic carbocycles. The smallest absolute Gasteiger partial charge is 0.144 e. The van der Waals surface area contributed by atoms with Gasteiger partial charge in [0.25, 0.3) is 0 Å². The molecule has 0 bridgehead atoms. The fourth-order valence-electron chi connectivity index (χ4n) is 2.77. The number of rotatable bonds is 3. The third-order valence-corrected chi connectivity index (χ3v) is 3.78. The van der Waals surface area contributed by atoms with Gasteiger partial charge >= 0.3 is 0 Å². The molecule has 1 fully saturated rings. The van der Waals surface area contributed by atoms with Crippen LogP contribution in [0.2, 0.25) is 0 Å². The van der Waals surface area contributed by atoms with Crippen molar-refractivity contribution in [3.8, 4) is 0 Å². The molecule has 0 radical (unpaired) electrons. The summed E-state index contributed by atoms with van der Waals surface area (Å²) in [6.07, 6.45) is 6.44. The van der Waals surface area contributed by atoms with Crippen molar-refractivity contribution >= 4 is 16.7 Å². The van der Waals surface area contributed by atoms with Crippen LogP contribution in [0.15, 0.2) is 24.3 Å². The van der Waals surface area contributed by atoms with Crippen molar-refractivity contribution in [3.63, 3.8) is 0 Å². The number of hydrogen-bond donors (Lipinski definition) is 2. The molecule has 0 aliphatic heterocycles. The third-order valence-electron chi connectivity index (χ3n) is 3.78. The van der Waals surface area contributed by atoms with Crippen molar-refractivity contribution in [1.29, 1.82) is 0 Å². The van der Waals surface area contributed by atoms with Gasteiger partial charge in [-0.25, -0.2) is 9.97 Å². The van der Waals surface area contributed by atoms with Crippen LogP contribution in [0, 0.1) is 0 Å². The maximum atomic E-state index is 5.69. The van der Waals surface area contributed by atoms with Crippen molar-refractivity contribution in [2.24, 2.45) is 5.73 Å². The van der Waals surface area contributed by atoms with Gasteiger partial charge in [0.15, 0.2) is 0 Å². The molecule has 0 atom stereocenters. The van der Waals surface area contributed by atoms with Crippen LogP contribution in [0.4, 0.5) is 5.82 Å². The summed E-state index contributed by atoms with van der Waals surface area (Å²) in [7, 11) is 0. The molecule has 3 rings (SSSR count). The first kappa shape index (κ1) is 12.4. The van der Waals surface area contributed by atoms with Crippen molar-refractivity contribution in [2.75, 3.05) is 5.32 Å². The second-order valence-electron chi connectivity index (χ2n) is 5.19. The molecule has 2 aromatic rings. The molecule has 4 heteroatoms. The Morgan fingerprint density at radius 2 is 1.89 bits per heavy atom. The minimum atomic E-state index is 0.379. The summed E-state index contributed by atoms with van der Waals surface area (Å²) in [5.74, 6) is 1.65.